The summed E-state index contributed by atoms with van der Waals surface area (Å²) in [7, 11) is 0. The van der Waals surface area contributed by atoms with Crippen molar-refractivity contribution in [1.29, 1.82) is 0 Å². The highest BCUT2D eigenvalue weighted by atomic mass is 127. The molecule has 0 aromatic carbocycles. The van der Waals surface area contributed by atoms with E-state index in [1.165, 1.54) is 22.6 Å². The van der Waals surface area contributed by atoms with E-state index in [1.807, 2.05) is 0 Å². The summed E-state index contributed by atoms with van der Waals surface area (Å²) in [5, 5.41) is 8.76. The van der Waals surface area contributed by atoms with Crippen molar-refractivity contribution in [1.82, 2.24) is 4.98 Å². The molecule has 0 radical (unpaired) electrons. The Morgan fingerprint density at radius 2 is 1.78 bits per heavy atom. The molecule has 0 aliphatic carbocycles. The molecule has 0 atom stereocenters. The molecule has 1 N–H and O–H groups in total. The first-order valence-electron chi connectivity index (χ1n) is 4.18. The average molecular weight is 387 g/mol. The number of aliphatic hydroxyl groups excluding tert-OH is 1. The Morgan fingerprint density at radius 1 is 1.22 bits per heavy atom. The van der Waals surface area contributed by atoms with Gasteiger partial charge in [-0.05, 0) is 22.6 Å². The van der Waals surface area contributed by atoms with Gasteiger partial charge in [0.25, 0.3) is 0 Å². The standard InChI is InChI=1S/C8H4F6INO2/c9-7(10,11)3-1-5(18-8(12,13)14)16-4(2-17)6(3)15/h1,17H,2H2. The van der Waals surface area contributed by atoms with Crippen LogP contribution in [0.2, 0.25) is 0 Å². The molecule has 102 valence electrons. The molecule has 0 aliphatic heterocycles. The monoisotopic (exact) mass is 387 g/mol. The first-order valence-corrected chi connectivity index (χ1v) is 5.25. The number of aromatic nitrogens is 1. The van der Waals surface area contributed by atoms with Crippen LogP contribution < -0.4 is 4.74 Å². The summed E-state index contributed by atoms with van der Waals surface area (Å²) in [4.78, 5) is 3.15. The molecule has 1 aromatic heterocycles. The molecule has 1 rings (SSSR count). The summed E-state index contributed by atoms with van der Waals surface area (Å²) in [5.41, 5.74) is -1.88. The second-order valence-electron chi connectivity index (χ2n) is 2.97. The quantitative estimate of drug-likeness (QED) is 0.627. The van der Waals surface area contributed by atoms with Crippen molar-refractivity contribution in [2.45, 2.75) is 19.1 Å². The van der Waals surface area contributed by atoms with E-state index < -0.39 is 39.9 Å². The lowest BCUT2D eigenvalue weighted by Gasteiger charge is -2.14. The van der Waals surface area contributed by atoms with E-state index in [1.54, 1.807) is 0 Å². The van der Waals surface area contributed by atoms with E-state index in [4.69, 9.17) is 5.11 Å². The minimum absolute atomic E-state index is 0.133. The van der Waals surface area contributed by atoms with Gasteiger partial charge in [-0.25, -0.2) is 4.98 Å². The van der Waals surface area contributed by atoms with E-state index >= 15 is 0 Å². The van der Waals surface area contributed by atoms with Gasteiger partial charge in [0.1, 0.15) is 0 Å². The number of hydrogen-bond acceptors (Lipinski definition) is 3. The normalized spacial score (nSPS) is 12.7. The maximum Gasteiger partial charge on any atom is 0.574 e. The van der Waals surface area contributed by atoms with Crippen LogP contribution in [0.1, 0.15) is 11.3 Å². The lowest BCUT2D eigenvalue weighted by Crippen LogP contribution is -2.20. The smallest absolute Gasteiger partial charge is 0.390 e. The minimum Gasteiger partial charge on any atom is -0.390 e. The fraction of sp³-hybridized carbons (Fsp3) is 0.375. The third-order valence-corrected chi connectivity index (χ3v) is 2.88. The van der Waals surface area contributed by atoms with E-state index in [0.717, 1.165) is 0 Å². The Morgan fingerprint density at radius 3 is 2.17 bits per heavy atom. The predicted molar refractivity (Wildman–Crippen MR) is 54.6 cm³/mol. The van der Waals surface area contributed by atoms with Gasteiger partial charge in [-0.15, -0.1) is 13.2 Å². The Kier molecular flexibility index (Phi) is 4.30. The average Bonchev–Trinajstić information content (AvgIpc) is 2.16. The molecule has 1 aromatic rings. The molecule has 18 heavy (non-hydrogen) atoms. The van der Waals surface area contributed by atoms with Crippen LogP contribution in [-0.2, 0) is 12.8 Å². The van der Waals surface area contributed by atoms with Crippen molar-refractivity contribution in [3.8, 4) is 5.88 Å². The van der Waals surface area contributed by atoms with E-state index in [9.17, 15) is 26.3 Å². The van der Waals surface area contributed by atoms with Crippen LogP contribution in [0, 0.1) is 3.57 Å². The van der Waals surface area contributed by atoms with Crippen molar-refractivity contribution < 1.29 is 36.2 Å². The minimum atomic E-state index is -5.16. The van der Waals surface area contributed by atoms with Crippen LogP contribution in [0.3, 0.4) is 0 Å². The topological polar surface area (TPSA) is 42.4 Å². The summed E-state index contributed by atoms with van der Waals surface area (Å²) >= 11 is 1.24. The van der Waals surface area contributed by atoms with Crippen molar-refractivity contribution in [2.75, 3.05) is 0 Å². The highest BCUT2D eigenvalue weighted by Gasteiger charge is 2.37. The number of rotatable bonds is 2. The zero-order valence-electron chi connectivity index (χ0n) is 8.23. The van der Waals surface area contributed by atoms with Crippen LogP contribution in [0.5, 0.6) is 5.88 Å². The Labute approximate surface area is 110 Å². The van der Waals surface area contributed by atoms with Gasteiger partial charge in [0.15, 0.2) is 0 Å². The van der Waals surface area contributed by atoms with Crippen LogP contribution in [0.4, 0.5) is 26.3 Å². The van der Waals surface area contributed by atoms with Gasteiger partial charge in [0.05, 0.1) is 17.9 Å². The first kappa shape index (κ1) is 15.3. The molecule has 0 amide bonds. The van der Waals surface area contributed by atoms with Crippen LogP contribution in [-0.4, -0.2) is 16.5 Å². The zero-order valence-corrected chi connectivity index (χ0v) is 10.4. The van der Waals surface area contributed by atoms with Gasteiger partial charge in [0, 0.05) is 9.64 Å². The number of ether oxygens (including phenoxy) is 1. The Hall–Kier alpha value is -0.780. The number of pyridine rings is 1. The highest BCUT2D eigenvalue weighted by Crippen LogP contribution is 2.36. The lowest BCUT2D eigenvalue weighted by atomic mass is 10.2. The lowest BCUT2D eigenvalue weighted by molar-refractivity contribution is -0.276. The van der Waals surface area contributed by atoms with E-state index in [0.29, 0.717) is 0 Å². The SMILES string of the molecule is OCc1nc(OC(F)(F)F)cc(C(F)(F)F)c1I. The molecule has 10 heteroatoms. The summed E-state index contributed by atoms with van der Waals surface area (Å²) in [6.07, 6.45) is -10.0. The maximum absolute atomic E-state index is 12.5. The zero-order chi connectivity index (χ0) is 14.1. The fourth-order valence-corrected chi connectivity index (χ4v) is 1.79. The molecule has 0 bridgehead atoms. The van der Waals surface area contributed by atoms with Crippen molar-refractivity contribution in [3.63, 3.8) is 0 Å². The van der Waals surface area contributed by atoms with E-state index in [-0.39, 0.29) is 6.07 Å². The third kappa shape index (κ3) is 3.86. The Bertz CT molecular complexity index is 444. The molecule has 0 unspecified atom stereocenters. The first-order chi connectivity index (χ1) is 8.04. The second kappa shape index (κ2) is 5.07. The molecule has 0 aliphatic rings. The molecule has 3 nitrogen and oxygen atoms in total. The van der Waals surface area contributed by atoms with Gasteiger partial charge in [-0.2, -0.15) is 13.2 Å². The van der Waals surface area contributed by atoms with Crippen molar-refractivity contribution in [3.05, 3.63) is 20.9 Å². The van der Waals surface area contributed by atoms with Crippen LogP contribution >= 0.6 is 22.6 Å². The summed E-state index contributed by atoms with van der Waals surface area (Å²) in [5.74, 6) is -1.26. The second-order valence-corrected chi connectivity index (χ2v) is 4.05. The summed E-state index contributed by atoms with van der Waals surface area (Å²) < 4.78 is 76.1. The molecule has 0 saturated carbocycles. The molecule has 1 heterocycles. The summed E-state index contributed by atoms with van der Waals surface area (Å²) in [6.45, 7) is -0.934. The fourth-order valence-electron chi connectivity index (χ4n) is 1.04. The maximum atomic E-state index is 12.5. The highest BCUT2D eigenvalue weighted by molar-refractivity contribution is 14.1. The largest absolute Gasteiger partial charge is 0.574 e. The van der Waals surface area contributed by atoms with Crippen molar-refractivity contribution in [2.24, 2.45) is 0 Å². The van der Waals surface area contributed by atoms with Gasteiger partial charge in [-0.1, -0.05) is 0 Å². The van der Waals surface area contributed by atoms with Gasteiger partial charge in [0.2, 0.25) is 5.88 Å². The number of aliphatic hydroxyl groups is 1. The number of alkyl halides is 6. The van der Waals surface area contributed by atoms with Gasteiger partial charge >= 0.3 is 12.5 Å². The van der Waals surface area contributed by atoms with Crippen LogP contribution in [0.15, 0.2) is 6.07 Å². The van der Waals surface area contributed by atoms with Crippen LogP contribution in [0.25, 0.3) is 0 Å². The molecule has 0 saturated heterocycles. The number of halogens is 7. The number of nitrogens with zero attached hydrogens (tertiary/aromatic N) is 1. The molecule has 0 spiro atoms. The molecular weight excluding hydrogens is 383 g/mol. The predicted octanol–water partition coefficient (Wildman–Crippen LogP) is 3.10. The summed E-state index contributed by atoms with van der Waals surface area (Å²) in [6, 6.07) is 0.133. The Balaban J connectivity index is 3.31. The molecular formula is C8H4F6INO2. The van der Waals surface area contributed by atoms with Gasteiger partial charge in [-0.3, -0.25) is 0 Å². The van der Waals surface area contributed by atoms with Gasteiger partial charge < -0.3 is 9.84 Å². The van der Waals surface area contributed by atoms with E-state index in [2.05, 4.69) is 9.72 Å². The molecule has 0 fully saturated rings. The van der Waals surface area contributed by atoms with Crippen molar-refractivity contribution >= 4 is 22.6 Å². The third-order valence-electron chi connectivity index (χ3n) is 1.68. The number of hydrogen-bond donors (Lipinski definition) is 1.